The Labute approximate surface area is 147 Å². The van der Waals surface area contributed by atoms with Crippen LogP contribution in [-0.4, -0.2) is 50.2 Å². The van der Waals surface area contributed by atoms with Crippen molar-refractivity contribution in [1.29, 1.82) is 0 Å². The molecule has 1 saturated heterocycles. The first-order chi connectivity index (χ1) is 12.4. The number of carboxylic acids is 1. The normalized spacial score (nSPS) is 16.0. The van der Waals surface area contributed by atoms with E-state index in [2.05, 4.69) is 10.3 Å². The molecule has 3 rings (SSSR count). The van der Waals surface area contributed by atoms with E-state index in [1.807, 2.05) is 0 Å². The molecule has 1 aromatic heterocycles. The van der Waals surface area contributed by atoms with Gasteiger partial charge in [0.25, 0.3) is 11.6 Å². The Morgan fingerprint density at radius 2 is 2.08 bits per heavy atom. The molecule has 10 nitrogen and oxygen atoms in total. The SMILES string of the molecule is O=C(NC1(C(=O)O)CCOCC1)c1ccc(-n2ccnc2)c([N+](=O)[O-])c1. The van der Waals surface area contributed by atoms with Crippen molar-refractivity contribution >= 4 is 17.6 Å². The van der Waals surface area contributed by atoms with Crippen LogP contribution in [0.4, 0.5) is 5.69 Å². The number of aliphatic carboxylic acids is 1. The standard InChI is InChI=1S/C16H16N4O6/c21-14(18-16(15(22)23)3-7-26-8-4-16)11-1-2-12(13(9-11)20(24)25)19-6-5-17-10-19/h1-2,5-6,9-10H,3-4,7-8H2,(H,18,21)(H,22,23). The van der Waals surface area contributed by atoms with Crippen molar-refractivity contribution in [3.05, 3.63) is 52.6 Å². The monoisotopic (exact) mass is 360 g/mol. The second kappa shape index (κ2) is 6.92. The Kier molecular flexibility index (Phi) is 4.67. The first-order valence-corrected chi connectivity index (χ1v) is 7.83. The van der Waals surface area contributed by atoms with Crippen LogP contribution in [-0.2, 0) is 9.53 Å². The summed E-state index contributed by atoms with van der Waals surface area (Å²) >= 11 is 0. The van der Waals surface area contributed by atoms with E-state index in [9.17, 15) is 24.8 Å². The molecular weight excluding hydrogens is 344 g/mol. The number of amides is 1. The number of aromatic nitrogens is 2. The Balaban J connectivity index is 1.91. The third-order valence-corrected chi connectivity index (χ3v) is 4.33. The van der Waals surface area contributed by atoms with Crippen LogP contribution in [0.2, 0.25) is 0 Å². The van der Waals surface area contributed by atoms with Gasteiger partial charge in [-0.05, 0) is 12.1 Å². The highest BCUT2D eigenvalue weighted by Crippen LogP contribution is 2.26. The number of nitro groups is 1. The summed E-state index contributed by atoms with van der Waals surface area (Å²) < 4.78 is 6.61. The number of benzene rings is 1. The van der Waals surface area contributed by atoms with E-state index >= 15 is 0 Å². The van der Waals surface area contributed by atoms with Crippen LogP contribution in [0, 0.1) is 10.1 Å². The minimum absolute atomic E-state index is 0.00711. The van der Waals surface area contributed by atoms with Gasteiger partial charge in [-0.3, -0.25) is 14.9 Å². The van der Waals surface area contributed by atoms with E-state index in [-0.39, 0.29) is 43.0 Å². The van der Waals surface area contributed by atoms with E-state index < -0.39 is 22.3 Å². The van der Waals surface area contributed by atoms with Gasteiger partial charge in [0, 0.05) is 50.1 Å². The van der Waals surface area contributed by atoms with Crippen LogP contribution in [0.5, 0.6) is 0 Å². The molecule has 136 valence electrons. The quantitative estimate of drug-likeness (QED) is 0.602. The molecule has 2 N–H and O–H groups in total. The highest BCUT2D eigenvalue weighted by atomic mass is 16.6. The lowest BCUT2D eigenvalue weighted by Crippen LogP contribution is -2.57. The van der Waals surface area contributed by atoms with Gasteiger partial charge in [0.05, 0.1) is 11.3 Å². The topological polar surface area (TPSA) is 137 Å². The molecule has 10 heteroatoms. The van der Waals surface area contributed by atoms with Gasteiger partial charge in [-0.1, -0.05) is 0 Å². The number of nitrogens with zero attached hydrogens (tertiary/aromatic N) is 3. The lowest BCUT2D eigenvalue weighted by atomic mass is 9.89. The second-order valence-electron chi connectivity index (χ2n) is 5.88. The van der Waals surface area contributed by atoms with Gasteiger partial charge in [0.15, 0.2) is 0 Å². The molecule has 0 unspecified atom stereocenters. The number of carbonyl (C=O) groups excluding carboxylic acids is 1. The van der Waals surface area contributed by atoms with E-state index in [1.165, 1.54) is 29.2 Å². The number of hydrogen-bond acceptors (Lipinski definition) is 6. The Morgan fingerprint density at radius 3 is 2.65 bits per heavy atom. The van der Waals surface area contributed by atoms with Gasteiger partial charge in [-0.25, -0.2) is 9.78 Å². The molecule has 26 heavy (non-hydrogen) atoms. The fourth-order valence-corrected chi connectivity index (χ4v) is 2.83. The zero-order valence-electron chi connectivity index (χ0n) is 13.6. The molecule has 0 spiro atoms. The number of carboxylic acid groups (broad SMARTS) is 1. The predicted molar refractivity (Wildman–Crippen MR) is 88.1 cm³/mol. The predicted octanol–water partition coefficient (Wildman–Crippen LogP) is 1.14. The van der Waals surface area contributed by atoms with Crippen molar-refractivity contribution in [3.8, 4) is 5.69 Å². The van der Waals surface area contributed by atoms with E-state index in [1.54, 1.807) is 6.20 Å². The average molecular weight is 360 g/mol. The smallest absolute Gasteiger partial charge is 0.329 e. The third-order valence-electron chi connectivity index (χ3n) is 4.33. The highest BCUT2D eigenvalue weighted by molar-refractivity contribution is 5.98. The lowest BCUT2D eigenvalue weighted by Gasteiger charge is -2.33. The van der Waals surface area contributed by atoms with Crippen molar-refractivity contribution < 1.29 is 24.4 Å². The van der Waals surface area contributed by atoms with Crippen molar-refractivity contribution in [3.63, 3.8) is 0 Å². The van der Waals surface area contributed by atoms with Crippen molar-refractivity contribution in [2.45, 2.75) is 18.4 Å². The molecule has 0 aliphatic carbocycles. The number of imidazole rings is 1. The minimum atomic E-state index is -1.44. The Bertz CT molecular complexity index is 842. The molecule has 1 aliphatic heterocycles. The minimum Gasteiger partial charge on any atom is -0.480 e. The summed E-state index contributed by atoms with van der Waals surface area (Å²) in [6.45, 7) is 0.429. The summed E-state index contributed by atoms with van der Waals surface area (Å²) in [5, 5.41) is 23.4. The first-order valence-electron chi connectivity index (χ1n) is 7.83. The van der Waals surface area contributed by atoms with Crippen LogP contribution >= 0.6 is 0 Å². The molecule has 1 aromatic carbocycles. The van der Waals surface area contributed by atoms with Crippen LogP contribution in [0.1, 0.15) is 23.2 Å². The first kappa shape index (κ1) is 17.5. The van der Waals surface area contributed by atoms with Crippen LogP contribution in [0.25, 0.3) is 5.69 Å². The number of ether oxygens (including phenoxy) is 1. The number of carbonyl (C=O) groups is 2. The van der Waals surface area contributed by atoms with Crippen LogP contribution in [0.3, 0.4) is 0 Å². The molecule has 0 radical (unpaired) electrons. The number of nitrogens with one attached hydrogen (secondary N) is 1. The zero-order valence-corrected chi connectivity index (χ0v) is 13.6. The molecule has 1 amide bonds. The van der Waals surface area contributed by atoms with Crippen molar-refractivity contribution in [2.75, 3.05) is 13.2 Å². The molecule has 2 aromatic rings. The van der Waals surface area contributed by atoms with Crippen LogP contribution in [0.15, 0.2) is 36.9 Å². The Morgan fingerprint density at radius 1 is 1.35 bits per heavy atom. The van der Waals surface area contributed by atoms with E-state index in [0.717, 1.165) is 6.07 Å². The van der Waals surface area contributed by atoms with Gasteiger partial charge >= 0.3 is 5.97 Å². The summed E-state index contributed by atoms with van der Waals surface area (Å²) in [5.74, 6) is -1.84. The van der Waals surface area contributed by atoms with Crippen molar-refractivity contribution in [1.82, 2.24) is 14.9 Å². The number of hydrogen-bond donors (Lipinski definition) is 2. The van der Waals surface area contributed by atoms with Gasteiger partial charge in [-0.2, -0.15) is 0 Å². The summed E-state index contributed by atoms with van der Waals surface area (Å²) in [7, 11) is 0. The Hall–Kier alpha value is -3.27. The summed E-state index contributed by atoms with van der Waals surface area (Å²) in [5.41, 5.74) is -1.46. The maximum absolute atomic E-state index is 12.5. The van der Waals surface area contributed by atoms with Gasteiger partial charge < -0.3 is 19.7 Å². The number of nitro benzene ring substituents is 1. The molecule has 0 bridgehead atoms. The van der Waals surface area contributed by atoms with Gasteiger partial charge in [0.2, 0.25) is 0 Å². The van der Waals surface area contributed by atoms with Gasteiger partial charge in [0.1, 0.15) is 11.2 Å². The summed E-state index contributed by atoms with van der Waals surface area (Å²) in [6.07, 6.45) is 4.69. The average Bonchev–Trinajstić information content (AvgIpc) is 3.16. The third kappa shape index (κ3) is 3.26. The van der Waals surface area contributed by atoms with Crippen molar-refractivity contribution in [2.24, 2.45) is 0 Å². The molecule has 0 saturated carbocycles. The van der Waals surface area contributed by atoms with E-state index in [4.69, 9.17) is 4.74 Å². The fourth-order valence-electron chi connectivity index (χ4n) is 2.83. The summed E-state index contributed by atoms with van der Waals surface area (Å²) in [4.78, 5) is 38.8. The van der Waals surface area contributed by atoms with Gasteiger partial charge in [-0.15, -0.1) is 0 Å². The lowest BCUT2D eigenvalue weighted by molar-refractivity contribution is -0.384. The second-order valence-corrected chi connectivity index (χ2v) is 5.88. The fraction of sp³-hybridized carbons (Fsp3) is 0.312. The van der Waals surface area contributed by atoms with Crippen LogP contribution < -0.4 is 5.32 Å². The molecule has 1 fully saturated rings. The number of rotatable bonds is 5. The maximum atomic E-state index is 12.5. The molecule has 0 atom stereocenters. The molecule has 1 aliphatic rings. The maximum Gasteiger partial charge on any atom is 0.329 e. The largest absolute Gasteiger partial charge is 0.480 e. The molecular formula is C16H16N4O6. The zero-order chi connectivity index (χ0) is 18.7. The highest BCUT2D eigenvalue weighted by Gasteiger charge is 2.42. The molecule has 2 heterocycles. The van der Waals surface area contributed by atoms with E-state index in [0.29, 0.717) is 0 Å². The summed E-state index contributed by atoms with van der Waals surface area (Å²) in [6, 6.07) is 3.96.